The van der Waals surface area contributed by atoms with Crippen molar-refractivity contribution < 1.29 is 9.50 Å². The summed E-state index contributed by atoms with van der Waals surface area (Å²) in [6.45, 7) is 0. The zero-order chi connectivity index (χ0) is 13.4. The largest absolute Gasteiger partial charge is 0.506 e. The van der Waals surface area contributed by atoms with Crippen LogP contribution >= 0.6 is 11.6 Å². The van der Waals surface area contributed by atoms with E-state index in [-0.39, 0.29) is 16.3 Å². The van der Waals surface area contributed by atoms with Crippen LogP contribution in [0.25, 0.3) is 22.3 Å². The van der Waals surface area contributed by atoms with Crippen molar-refractivity contribution in [3.8, 4) is 17.0 Å². The SMILES string of the molecule is Oc1cc(F)c(-c2cnc3ccccc3n2)cc1Cl. The number of nitrogens with zero attached hydrogens (tertiary/aromatic N) is 2. The minimum atomic E-state index is -0.591. The number of halogens is 2. The Kier molecular flexibility index (Phi) is 2.80. The lowest BCUT2D eigenvalue weighted by atomic mass is 10.1. The maximum Gasteiger partial charge on any atom is 0.137 e. The molecule has 0 fully saturated rings. The topological polar surface area (TPSA) is 46.0 Å². The van der Waals surface area contributed by atoms with Gasteiger partial charge in [-0.25, -0.2) is 9.37 Å². The van der Waals surface area contributed by atoms with Crippen LogP contribution in [-0.2, 0) is 0 Å². The molecule has 0 amide bonds. The second-order valence-electron chi connectivity index (χ2n) is 4.03. The first-order chi connectivity index (χ1) is 9.15. The van der Waals surface area contributed by atoms with Gasteiger partial charge in [0.1, 0.15) is 11.6 Å². The molecule has 0 aliphatic heterocycles. The van der Waals surface area contributed by atoms with Crippen LogP contribution in [-0.4, -0.2) is 15.1 Å². The molecule has 0 atom stereocenters. The highest BCUT2D eigenvalue weighted by atomic mass is 35.5. The number of aromatic hydroxyl groups is 1. The molecule has 2 aromatic carbocycles. The quantitative estimate of drug-likeness (QED) is 0.734. The van der Waals surface area contributed by atoms with Gasteiger partial charge in [-0.2, -0.15) is 0 Å². The van der Waals surface area contributed by atoms with E-state index in [1.807, 2.05) is 18.2 Å². The summed E-state index contributed by atoms with van der Waals surface area (Å²) < 4.78 is 13.8. The Morgan fingerprint density at radius 2 is 1.84 bits per heavy atom. The molecule has 0 saturated carbocycles. The lowest BCUT2D eigenvalue weighted by Crippen LogP contribution is -1.91. The van der Waals surface area contributed by atoms with E-state index in [0.29, 0.717) is 11.2 Å². The standard InChI is InChI=1S/C14H8ClFN2O/c15-9-5-8(10(16)6-14(9)19)13-7-17-11-3-1-2-4-12(11)18-13/h1-7,19H. The maximum atomic E-state index is 13.8. The highest BCUT2D eigenvalue weighted by Gasteiger charge is 2.12. The van der Waals surface area contributed by atoms with Gasteiger partial charge in [0.05, 0.1) is 27.9 Å². The highest BCUT2D eigenvalue weighted by Crippen LogP contribution is 2.31. The Hall–Kier alpha value is -2.20. The zero-order valence-electron chi connectivity index (χ0n) is 9.64. The van der Waals surface area contributed by atoms with Gasteiger partial charge in [-0.1, -0.05) is 23.7 Å². The molecule has 1 aromatic heterocycles. The predicted octanol–water partition coefficient (Wildman–Crippen LogP) is 3.79. The van der Waals surface area contributed by atoms with Crippen molar-refractivity contribution in [1.82, 2.24) is 9.97 Å². The normalized spacial score (nSPS) is 10.8. The Morgan fingerprint density at radius 1 is 1.11 bits per heavy atom. The fourth-order valence-corrected chi connectivity index (χ4v) is 1.98. The molecule has 19 heavy (non-hydrogen) atoms. The molecule has 1 heterocycles. The molecule has 0 saturated heterocycles. The number of rotatable bonds is 1. The average Bonchev–Trinajstić information content (AvgIpc) is 2.42. The van der Waals surface area contributed by atoms with E-state index in [1.165, 1.54) is 12.3 Å². The summed E-state index contributed by atoms with van der Waals surface area (Å²) >= 11 is 5.79. The smallest absolute Gasteiger partial charge is 0.137 e. The van der Waals surface area contributed by atoms with E-state index < -0.39 is 5.82 Å². The first kappa shape index (κ1) is 11.9. The van der Waals surface area contributed by atoms with E-state index in [0.717, 1.165) is 11.6 Å². The van der Waals surface area contributed by atoms with Crippen molar-refractivity contribution >= 4 is 22.6 Å². The number of para-hydroxylation sites is 2. The van der Waals surface area contributed by atoms with Gasteiger partial charge >= 0.3 is 0 Å². The van der Waals surface area contributed by atoms with E-state index in [1.54, 1.807) is 6.07 Å². The number of benzene rings is 2. The van der Waals surface area contributed by atoms with Gasteiger partial charge < -0.3 is 5.11 Å². The molecule has 5 heteroatoms. The average molecular weight is 275 g/mol. The number of phenolic OH excluding ortho intramolecular Hbond substituents is 1. The summed E-state index contributed by atoms with van der Waals surface area (Å²) in [6, 6.07) is 9.62. The van der Waals surface area contributed by atoms with Gasteiger partial charge in [0.15, 0.2) is 0 Å². The van der Waals surface area contributed by atoms with Gasteiger partial charge in [-0.3, -0.25) is 4.98 Å². The summed E-state index contributed by atoms with van der Waals surface area (Å²) in [6.07, 6.45) is 1.48. The van der Waals surface area contributed by atoms with Crippen molar-refractivity contribution in [1.29, 1.82) is 0 Å². The highest BCUT2D eigenvalue weighted by molar-refractivity contribution is 6.32. The van der Waals surface area contributed by atoms with Crippen LogP contribution in [0.3, 0.4) is 0 Å². The number of aromatic nitrogens is 2. The molecular formula is C14H8ClFN2O. The first-order valence-electron chi connectivity index (χ1n) is 5.55. The molecular weight excluding hydrogens is 267 g/mol. The lowest BCUT2D eigenvalue weighted by Gasteiger charge is -2.05. The minimum absolute atomic E-state index is 0.0753. The second-order valence-corrected chi connectivity index (χ2v) is 4.43. The lowest BCUT2D eigenvalue weighted by molar-refractivity contribution is 0.469. The van der Waals surface area contributed by atoms with Crippen LogP contribution in [0.15, 0.2) is 42.6 Å². The number of fused-ring (bicyclic) bond motifs is 1. The Morgan fingerprint density at radius 3 is 2.63 bits per heavy atom. The zero-order valence-corrected chi connectivity index (χ0v) is 10.4. The Bertz CT molecular complexity index is 776. The van der Waals surface area contributed by atoms with Crippen LogP contribution in [0.4, 0.5) is 4.39 Å². The fourth-order valence-electron chi connectivity index (χ4n) is 1.82. The fraction of sp³-hybridized carbons (Fsp3) is 0. The maximum absolute atomic E-state index is 13.8. The molecule has 3 aromatic rings. The third-order valence-corrected chi connectivity index (χ3v) is 3.06. The van der Waals surface area contributed by atoms with E-state index in [4.69, 9.17) is 11.6 Å². The number of phenols is 1. The molecule has 0 spiro atoms. The molecule has 94 valence electrons. The predicted molar refractivity (Wildman–Crippen MR) is 71.6 cm³/mol. The van der Waals surface area contributed by atoms with Crippen LogP contribution in [0.5, 0.6) is 5.75 Å². The summed E-state index contributed by atoms with van der Waals surface area (Å²) in [7, 11) is 0. The van der Waals surface area contributed by atoms with Crippen LogP contribution in [0, 0.1) is 5.82 Å². The molecule has 0 unspecified atom stereocenters. The van der Waals surface area contributed by atoms with Crippen molar-refractivity contribution in [3.05, 3.63) is 53.4 Å². The van der Waals surface area contributed by atoms with E-state index in [2.05, 4.69) is 9.97 Å². The van der Waals surface area contributed by atoms with Crippen molar-refractivity contribution in [2.24, 2.45) is 0 Å². The monoisotopic (exact) mass is 274 g/mol. The molecule has 0 radical (unpaired) electrons. The molecule has 3 nitrogen and oxygen atoms in total. The third-order valence-electron chi connectivity index (χ3n) is 2.76. The summed E-state index contributed by atoms with van der Waals surface area (Å²) in [4.78, 5) is 8.55. The van der Waals surface area contributed by atoms with Gasteiger partial charge in [0, 0.05) is 11.6 Å². The van der Waals surface area contributed by atoms with Gasteiger partial charge in [-0.15, -0.1) is 0 Å². The van der Waals surface area contributed by atoms with Crippen molar-refractivity contribution in [2.75, 3.05) is 0 Å². The molecule has 1 N–H and O–H groups in total. The van der Waals surface area contributed by atoms with Crippen LogP contribution < -0.4 is 0 Å². The van der Waals surface area contributed by atoms with Crippen LogP contribution in [0.1, 0.15) is 0 Å². The molecule has 0 aliphatic carbocycles. The molecule has 3 rings (SSSR count). The molecule has 0 bridgehead atoms. The summed E-state index contributed by atoms with van der Waals surface area (Å²) in [5.41, 5.74) is 1.99. The summed E-state index contributed by atoms with van der Waals surface area (Å²) in [5.74, 6) is -0.886. The van der Waals surface area contributed by atoms with Crippen molar-refractivity contribution in [2.45, 2.75) is 0 Å². The number of hydrogen-bond donors (Lipinski definition) is 1. The van der Waals surface area contributed by atoms with E-state index in [9.17, 15) is 9.50 Å². The second kappa shape index (κ2) is 4.48. The Balaban J connectivity index is 2.21. The molecule has 0 aliphatic rings. The van der Waals surface area contributed by atoms with Gasteiger partial charge in [-0.05, 0) is 18.2 Å². The van der Waals surface area contributed by atoms with E-state index >= 15 is 0 Å². The third kappa shape index (κ3) is 2.11. The van der Waals surface area contributed by atoms with Crippen LogP contribution in [0.2, 0.25) is 5.02 Å². The summed E-state index contributed by atoms with van der Waals surface area (Å²) in [5, 5.41) is 9.41. The Labute approximate surface area is 113 Å². The van der Waals surface area contributed by atoms with Crippen molar-refractivity contribution in [3.63, 3.8) is 0 Å². The number of hydrogen-bond acceptors (Lipinski definition) is 3. The van der Waals surface area contributed by atoms with Gasteiger partial charge in [0.25, 0.3) is 0 Å². The minimum Gasteiger partial charge on any atom is -0.506 e. The van der Waals surface area contributed by atoms with Gasteiger partial charge in [0.2, 0.25) is 0 Å². The first-order valence-corrected chi connectivity index (χ1v) is 5.93.